The second-order valence-electron chi connectivity index (χ2n) is 4.83. The van der Waals surface area contributed by atoms with E-state index < -0.39 is 0 Å². The van der Waals surface area contributed by atoms with Crippen molar-refractivity contribution in [3.05, 3.63) is 17.8 Å². The molecule has 19 heavy (non-hydrogen) atoms. The number of anilines is 1. The van der Waals surface area contributed by atoms with Crippen LogP contribution in [-0.2, 0) is 9.53 Å². The van der Waals surface area contributed by atoms with Gasteiger partial charge in [-0.2, -0.15) is 0 Å². The van der Waals surface area contributed by atoms with Gasteiger partial charge in [0.25, 0.3) is 0 Å². The van der Waals surface area contributed by atoms with E-state index in [0.717, 1.165) is 6.42 Å². The first-order valence-electron chi connectivity index (χ1n) is 6.41. The summed E-state index contributed by atoms with van der Waals surface area (Å²) in [5.74, 6) is -0.482. The third kappa shape index (κ3) is 2.52. The van der Waals surface area contributed by atoms with E-state index in [9.17, 15) is 9.18 Å². The Morgan fingerprint density at radius 2 is 2.26 bits per heavy atom. The Morgan fingerprint density at radius 1 is 1.58 bits per heavy atom. The molecule has 0 radical (unpaired) electrons. The molecule has 1 aliphatic heterocycles. The quantitative estimate of drug-likeness (QED) is 0.778. The van der Waals surface area contributed by atoms with Crippen molar-refractivity contribution in [2.24, 2.45) is 5.92 Å². The highest BCUT2D eigenvalue weighted by atomic mass is 19.1. The minimum atomic E-state index is -0.375. The van der Waals surface area contributed by atoms with Crippen molar-refractivity contribution in [2.45, 2.75) is 26.2 Å². The minimum Gasteiger partial charge on any atom is -0.469 e. The number of rotatable bonds is 4. The Balaban J connectivity index is 2.13. The number of carbonyl (C=O) groups excluding carboxylic acids is 1. The lowest BCUT2D eigenvalue weighted by Gasteiger charge is -2.38. The molecular weight excluding hydrogens is 249 g/mol. The smallest absolute Gasteiger partial charge is 0.312 e. The zero-order chi connectivity index (χ0) is 14.0. The molecule has 2 rings (SSSR count). The molecule has 0 aliphatic carbocycles. The summed E-state index contributed by atoms with van der Waals surface area (Å²) in [5.41, 5.74) is 0.439. The molecule has 5 nitrogen and oxygen atoms in total. The first kappa shape index (κ1) is 13.7. The lowest BCUT2D eigenvalue weighted by atomic mass is 9.99. The maximum absolute atomic E-state index is 14.3. The van der Waals surface area contributed by atoms with Gasteiger partial charge in [0.15, 0.2) is 11.6 Å². The van der Waals surface area contributed by atoms with Crippen LogP contribution in [0.3, 0.4) is 0 Å². The molecule has 0 bridgehead atoms. The van der Waals surface area contributed by atoms with E-state index in [-0.39, 0.29) is 29.4 Å². The van der Waals surface area contributed by atoms with Crippen LogP contribution in [0.2, 0.25) is 0 Å². The van der Waals surface area contributed by atoms with Crippen LogP contribution in [0.15, 0.2) is 6.33 Å². The average Bonchev–Trinajstić information content (AvgIpc) is 2.37. The summed E-state index contributed by atoms with van der Waals surface area (Å²) in [6, 6.07) is 0. The van der Waals surface area contributed by atoms with Gasteiger partial charge < -0.3 is 9.64 Å². The van der Waals surface area contributed by atoms with Crippen LogP contribution >= 0.6 is 0 Å². The van der Waals surface area contributed by atoms with Crippen LogP contribution in [0, 0.1) is 11.7 Å². The van der Waals surface area contributed by atoms with Gasteiger partial charge in [-0.05, 0) is 6.42 Å². The molecule has 0 saturated carbocycles. The van der Waals surface area contributed by atoms with Gasteiger partial charge in [-0.15, -0.1) is 0 Å². The number of nitrogens with zero attached hydrogens (tertiary/aromatic N) is 3. The fraction of sp³-hybridized carbons (Fsp3) is 0.615. The minimum absolute atomic E-state index is 0.0550. The topological polar surface area (TPSA) is 55.3 Å². The molecule has 1 atom stereocenters. The number of hydrogen-bond acceptors (Lipinski definition) is 5. The highest BCUT2D eigenvalue weighted by molar-refractivity contribution is 5.76. The molecule has 1 unspecified atom stereocenters. The van der Waals surface area contributed by atoms with E-state index in [1.807, 2.05) is 13.8 Å². The second kappa shape index (κ2) is 5.50. The summed E-state index contributed by atoms with van der Waals surface area (Å²) < 4.78 is 19.0. The van der Waals surface area contributed by atoms with Crippen molar-refractivity contribution in [1.82, 2.24) is 9.97 Å². The maximum atomic E-state index is 14.3. The third-order valence-electron chi connectivity index (χ3n) is 3.59. The largest absolute Gasteiger partial charge is 0.469 e. The lowest BCUT2D eigenvalue weighted by molar-refractivity contribution is -0.146. The monoisotopic (exact) mass is 267 g/mol. The van der Waals surface area contributed by atoms with E-state index in [2.05, 4.69) is 14.7 Å². The van der Waals surface area contributed by atoms with Gasteiger partial charge in [-0.3, -0.25) is 4.79 Å². The van der Waals surface area contributed by atoms with Gasteiger partial charge in [-0.1, -0.05) is 13.8 Å². The molecule has 6 heteroatoms. The van der Waals surface area contributed by atoms with Crippen molar-refractivity contribution in [3.8, 4) is 0 Å². The number of methoxy groups -OCH3 is 1. The van der Waals surface area contributed by atoms with Crippen molar-refractivity contribution in [2.75, 3.05) is 25.1 Å². The van der Waals surface area contributed by atoms with E-state index in [1.54, 1.807) is 4.90 Å². The van der Waals surface area contributed by atoms with E-state index >= 15 is 0 Å². The van der Waals surface area contributed by atoms with E-state index in [1.165, 1.54) is 13.4 Å². The molecule has 1 aromatic heterocycles. The molecular formula is C13H18FN3O2. The second-order valence-corrected chi connectivity index (χ2v) is 4.83. The Labute approximate surface area is 111 Å². The summed E-state index contributed by atoms with van der Waals surface area (Å²) in [6.45, 7) is 4.81. The Morgan fingerprint density at radius 3 is 2.84 bits per heavy atom. The molecule has 0 aromatic carbocycles. The molecule has 2 heterocycles. The molecule has 1 fully saturated rings. The van der Waals surface area contributed by atoms with Crippen LogP contribution in [-0.4, -0.2) is 36.1 Å². The number of hydrogen-bond donors (Lipinski definition) is 0. The zero-order valence-electron chi connectivity index (χ0n) is 11.4. The Hall–Kier alpha value is -1.72. The van der Waals surface area contributed by atoms with Crippen molar-refractivity contribution < 1.29 is 13.9 Å². The molecule has 0 amide bonds. The van der Waals surface area contributed by atoms with Gasteiger partial charge in [0.05, 0.1) is 18.7 Å². The number of ether oxygens (including phenoxy) is 1. The van der Waals surface area contributed by atoms with Gasteiger partial charge in [0.1, 0.15) is 6.33 Å². The highest BCUT2D eigenvalue weighted by Crippen LogP contribution is 2.29. The molecule has 104 valence electrons. The summed E-state index contributed by atoms with van der Waals surface area (Å²) in [6.07, 6.45) is 2.20. The van der Waals surface area contributed by atoms with Gasteiger partial charge in [0.2, 0.25) is 0 Å². The molecule has 1 aliphatic rings. The fourth-order valence-electron chi connectivity index (χ4n) is 2.10. The van der Waals surface area contributed by atoms with E-state index in [4.69, 9.17) is 0 Å². The predicted octanol–water partition coefficient (Wildman–Crippen LogP) is 1.74. The average molecular weight is 267 g/mol. The Kier molecular flexibility index (Phi) is 3.97. The van der Waals surface area contributed by atoms with Crippen LogP contribution in [0.4, 0.5) is 10.2 Å². The summed E-state index contributed by atoms with van der Waals surface area (Å²) in [7, 11) is 1.36. The van der Waals surface area contributed by atoms with Crippen LogP contribution in [0.1, 0.15) is 31.9 Å². The number of carbonyl (C=O) groups is 1. The van der Waals surface area contributed by atoms with Crippen molar-refractivity contribution >= 4 is 11.8 Å². The predicted molar refractivity (Wildman–Crippen MR) is 68.4 cm³/mol. The van der Waals surface area contributed by atoms with Crippen LogP contribution < -0.4 is 4.90 Å². The van der Waals surface area contributed by atoms with Crippen molar-refractivity contribution in [3.63, 3.8) is 0 Å². The van der Waals surface area contributed by atoms with Gasteiger partial charge in [0, 0.05) is 19.0 Å². The highest BCUT2D eigenvalue weighted by Gasteiger charge is 2.36. The number of halogens is 1. The lowest BCUT2D eigenvalue weighted by Crippen LogP contribution is -2.51. The molecule has 1 aromatic rings. The number of esters is 1. The molecule has 0 N–H and O–H groups in total. The standard InChI is InChI=1S/C13H18FN3O2/c1-4-8(2)11-10(14)12(16-7-15-11)17-5-9(6-17)13(18)19-3/h7-9H,4-6H2,1-3H3. The summed E-state index contributed by atoms with van der Waals surface area (Å²) >= 11 is 0. The van der Waals surface area contributed by atoms with Crippen molar-refractivity contribution in [1.29, 1.82) is 0 Å². The SMILES string of the molecule is CCC(C)c1ncnc(N2CC(C(=O)OC)C2)c1F. The zero-order valence-corrected chi connectivity index (χ0v) is 11.4. The third-order valence-corrected chi connectivity index (χ3v) is 3.59. The van der Waals surface area contributed by atoms with Crippen LogP contribution in [0.25, 0.3) is 0 Å². The van der Waals surface area contributed by atoms with Gasteiger partial charge >= 0.3 is 5.97 Å². The summed E-state index contributed by atoms with van der Waals surface area (Å²) in [5, 5.41) is 0. The maximum Gasteiger partial charge on any atom is 0.312 e. The van der Waals surface area contributed by atoms with Crippen LogP contribution in [0.5, 0.6) is 0 Å². The first-order chi connectivity index (χ1) is 9.08. The first-order valence-corrected chi connectivity index (χ1v) is 6.41. The normalized spacial score (nSPS) is 16.9. The number of aromatic nitrogens is 2. The Bertz CT molecular complexity index is 475. The molecule has 0 spiro atoms. The summed E-state index contributed by atoms with van der Waals surface area (Å²) in [4.78, 5) is 21.0. The molecule has 1 saturated heterocycles. The fourth-order valence-corrected chi connectivity index (χ4v) is 2.10. The van der Waals surface area contributed by atoms with Gasteiger partial charge in [-0.25, -0.2) is 14.4 Å². The van der Waals surface area contributed by atoms with E-state index in [0.29, 0.717) is 18.8 Å².